The molecule has 1 aromatic carbocycles. The molecule has 1 aliphatic rings. The number of nitrogens with one attached hydrogen (secondary N) is 1. The number of amides is 2. The fourth-order valence-corrected chi connectivity index (χ4v) is 2.29. The molecule has 2 atom stereocenters. The van der Waals surface area contributed by atoms with E-state index in [1.54, 1.807) is 31.4 Å². The SMILES string of the molecule is COc1ccc(N2CC(C(=O)NC(C)C(=O)O)CC2=O)cc1. The first-order valence-electron chi connectivity index (χ1n) is 6.90. The van der Waals surface area contributed by atoms with Gasteiger partial charge in [0, 0.05) is 18.7 Å². The number of benzene rings is 1. The Labute approximate surface area is 127 Å². The van der Waals surface area contributed by atoms with Crippen LogP contribution in [0.4, 0.5) is 5.69 Å². The van der Waals surface area contributed by atoms with Crippen molar-refractivity contribution in [3.05, 3.63) is 24.3 Å². The lowest BCUT2D eigenvalue weighted by atomic mass is 10.1. The van der Waals surface area contributed by atoms with E-state index in [0.717, 1.165) is 0 Å². The summed E-state index contributed by atoms with van der Waals surface area (Å²) in [6, 6.07) is 6.00. The molecule has 0 bridgehead atoms. The third-order valence-corrected chi connectivity index (χ3v) is 3.61. The van der Waals surface area contributed by atoms with E-state index in [0.29, 0.717) is 11.4 Å². The van der Waals surface area contributed by atoms with Crippen molar-refractivity contribution >= 4 is 23.5 Å². The fourth-order valence-electron chi connectivity index (χ4n) is 2.29. The molecule has 1 saturated heterocycles. The lowest BCUT2D eigenvalue weighted by Crippen LogP contribution is -2.42. The molecule has 1 fully saturated rings. The summed E-state index contributed by atoms with van der Waals surface area (Å²) in [6.45, 7) is 1.63. The Bertz CT molecular complexity index is 584. The average molecular weight is 306 g/mol. The number of hydrogen-bond acceptors (Lipinski definition) is 4. The van der Waals surface area contributed by atoms with E-state index in [-0.39, 0.29) is 18.9 Å². The first kappa shape index (κ1) is 15.8. The minimum absolute atomic E-state index is 0.0736. The molecule has 7 nitrogen and oxygen atoms in total. The number of methoxy groups -OCH3 is 1. The van der Waals surface area contributed by atoms with Gasteiger partial charge >= 0.3 is 5.97 Å². The molecule has 1 heterocycles. The number of carboxylic acids is 1. The number of carboxylic acid groups (broad SMARTS) is 1. The number of ether oxygens (including phenoxy) is 1. The van der Waals surface area contributed by atoms with Crippen LogP contribution in [0.1, 0.15) is 13.3 Å². The lowest BCUT2D eigenvalue weighted by molar-refractivity contribution is -0.141. The van der Waals surface area contributed by atoms with Crippen molar-refractivity contribution in [2.45, 2.75) is 19.4 Å². The summed E-state index contributed by atoms with van der Waals surface area (Å²) in [5.41, 5.74) is 0.687. The van der Waals surface area contributed by atoms with Gasteiger partial charge in [-0.15, -0.1) is 0 Å². The van der Waals surface area contributed by atoms with E-state index in [1.165, 1.54) is 11.8 Å². The molecule has 0 saturated carbocycles. The zero-order chi connectivity index (χ0) is 16.3. The van der Waals surface area contributed by atoms with E-state index in [1.807, 2.05) is 0 Å². The van der Waals surface area contributed by atoms with Gasteiger partial charge < -0.3 is 20.1 Å². The quantitative estimate of drug-likeness (QED) is 0.832. The Balaban J connectivity index is 2.03. The number of carbonyl (C=O) groups excluding carboxylic acids is 2. The number of hydrogen-bond donors (Lipinski definition) is 2. The summed E-state index contributed by atoms with van der Waals surface area (Å²) in [5, 5.41) is 11.2. The summed E-state index contributed by atoms with van der Waals surface area (Å²) in [5.74, 6) is -1.55. The van der Waals surface area contributed by atoms with Crippen LogP contribution in [0.15, 0.2) is 24.3 Å². The third-order valence-electron chi connectivity index (χ3n) is 3.61. The second-order valence-corrected chi connectivity index (χ2v) is 5.17. The molecule has 0 radical (unpaired) electrons. The van der Waals surface area contributed by atoms with Crippen LogP contribution in [0.2, 0.25) is 0 Å². The van der Waals surface area contributed by atoms with E-state index < -0.39 is 23.8 Å². The van der Waals surface area contributed by atoms with Gasteiger partial charge in [-0.05, 0) is 31.2 Å². The second kappa shape index (κ2) is 6.46. The van der Waals surface area contributed by atoms with Crippen LogP contribution in [0, 0.1) is 5.92 Å². The van der Waals surface area contributed by atoms with Crippen molar-refractivity contribution in [3.63, 3.8) is 0 Å². The highest BCUT2D eigenvalue weighted by Crippen LogP contribution is 2.26. The van der Waals surface area contributed by atoms with Gasteiger partial charge in [0.1, 0.15) is 11.8 Å². The molecule has 118 valence electrons. The van der Waals surface area contributed by atoms with E-state index in [9.17, 15) is 14.4 Å². The van der Waals surface area contributed by atoms with Gasteiger partial charge in [0.2, 0.25) is 11.8 Å². The van der Waals surface area contributed by atoms with Gasteiger partial charge in [0.15, 0.2) is 0 Å². The van der Waals surface area contributed by atoms with Crippen LogP contribution in [-0.4, -0.2) is 42.6 Å². The third kappa shape index (κ3) is 3.36. The van der Waals surface area contributed by atoms with E-state index in [4.69, 9.17) is 9.84 Å². The molecule has 0 aromatic heterocycles. The zero-order valence-corrected chi connectivity index (χ0v) is 12.4. The number of aliphatic carboxylic acids is 1. The number of anilines is 1. The van der Waals surface area contributed by atoms with Crippen molar-refractivity contribution in [2.75, 3.05) is 18.6 Å². The highest BCUT2D eigenvalue weighted by Gasteiger charge is 2.35. The molecule has 2 rings (SSSR count). The van der Waals surface area contributed by atoms with Crippen molar-refractivity contribution in [3.8, 4) is 5.75 Å². The Hall–Kier alpha value is -2.57. The number of rotatable bonds is 5. The zero-order valence-electron chi connectivity index (χ0n) is 12.4. The number of nitrogens with zero attached hydrogens (tertiary/aromatic N) is 1. The molecular weight excluding hydrogens is 288 g/mol. The Morgan fingerprint density at radius 2 is 2.00 bits per heavy atom. The van der Waals surface area contributed by atoms with E-state index in [2.05, 4.69) is 5.32 Å². The largest absolute Gasteiger partial charge is 0.497 e. The molecule has 22 heavy (non-hydrogen) atoms. The first-order valence-corrected chi connectivity index (χ1v) is 6.90. The van der Waals surface area contributed by atoms with Crippen LogP contribution in [-0.2, 0) is 14.4 Å². The Kier molecular flexibility index (Phi) is 4.65. The van der Waals surface area contributed by atoms with Crippen molar-refractivity contribution in [1.82, 2.24) is 5.32 Å². The molecule has 2 N–H and O–H groups in total. The Morgan fingerprint density at radius 3 is 2.55 bits per heavy atom. The minimum atomic E-state index is -1.11. The van der Waals surface area contributed by atoms with E-state index >= 15 is 0 Å². The van der Waals surface area contributed by atoms with Crippen LogP contribution >= 0.6 is 0 Å². The summed E-state index contributed by atoms with van der Waals surface area (Å²) in [4.78, 5) is 36.4. The first-order chi connectivity index (χ1) is 10.4. The van der Waals surface area contributed by atoms with Crippen molar-refractivity contribution in [1.29, 1.82) is 0 Å². The molecule has 1 aromatic rings. The minimum Gasteiger partial charge on any atom is -0.497 e. The summed E-state index contributed by atoms with van der Waals surface area (Å²) >= 11 is 0. The van der Waals surface area contributed by atoms with Crippen molar-refractivity contribution in [2.24, 2.45) is 5.92 Å². The molecule has 7 heteroatoms. The lowest BCUT2D eigenvalue weighted by Gasteiger charge is -2.17. The predicted molar refractivity (Wildman–Crippen MR) is 78.7 cm³/mol. The fraction of sp³-hybridized carbons (Fsp3) is 0.400. The summed E-state index contributed by atoms with van der Waals surface area (Å²) in [6.07, 6.45) is 0.0736. The standard InChI is InChI=1S/C15H18N2O5/c1-9(15(20)21)16-14(19)10-7-13(18)17(8-10)11-3-5-12(22-2)6-4-11/h3-6,9-10H,7-8H2,1-2H3,(H,16,19)(H,20,21). The molecule has 2 amide bonds. The maximum atomic E-state index is 12.1. The van der Waals surface area contributed by atoms with Crippen molar-refractivity contribution < 1.29 is 24.2 Å². The van der Waals surface area contributed by atoms with Gasteiger partial charge in [0.25, 0.3) is 0 Å². The molecule has 0 aliphatic carbocycles. The van der Waals surface area contributed by atoms with Gasteiger partial charge in [-0.3, -0.25) is 14.4 Å². The second-order valence-electron chi connectivity index (χ2n) is 5.17. The summed E-state index contributed by atoms with van der Waals surface area (Å²) < 4.78 is 5.06. The van der Waals surface area contributed by atoms with Gasteiger partial charge in [0.05, 0.1) is 13.0 Å². The topological polar surface area (TPSA) is 95.9 Å². The molecule has 1 aliphatic heterocycles. The van der Waals surface area contributed by atoms with Gasteiger partial charge in [-0.1, -0.05) is 0 Å². The van der Waals surface area contributed by atoms with Gasteiger partial charge in [-0.25, -0.2) is 0 Å². The monoisotopic (exact) mass is 306 g/mol. The smallest absolute Gasteiger partial charge is 0.325 e. The maximum Gasteiger partial charge on any atom is 0.325 e. The predicted octanol–water partition coefficient (Wildman–Crippen LogP) is 0.637. The van der Waals surface area contributed by atoms with Crippen LogP contribution in [0.25, 0.3) is 0 Å². The molecular formula is C15H18N2O5. The molecule has 2 unspecified atom stereocenters. The highest BCUT2D eigenvalue weighted by molar-refractivity contribution is 6.00. The van der Waals surface area contributed by atoms with Crippen LogP contribution in [0.3, 0.4) is 0 Å². The Morgan fingerprint density at radius 1 is 1.36 bits per heavy atom. The van der Waals surface area contributed by atoms with Crippen LogP contribution < -0.4 is 15.0 Å². The molecule has 0 spiro atoms. The van der Waals surface area contributed by atoms with Crippen LogP contribution in [0.5, 0.6) is 5.75 Å². The van der Waals surface area contributed by atoms with Gasteiger partial charge in [-0.2, -0.15) is 0 Å². The summed E-state index contributed by atoms with van der Waals surface area (Å²) in [7, 11) is 1.56. The highest BCUT2D eigenvalue weighted by atomic mass is 16.5. The number of carbonyl (C=O) groups is 3. The normalized spacial score (nSPS) is 18.9. The maximum absolute atomic E-state index is 12.1. The average Bonchev–Trinajstić information content (AvgIpc) is 2.89.